The van der Waals surface area contributed by atoms with Crippen molar-refractivity contribution in [3.05, 3.63) is 11.5 Å². The lowest BCUT2D eigenvalue weighted by Crippen LogP contribution is -2.49. The third kappa shape index (κ3) is 2.41. The van der Waals surface area contributed by atoms with Gasteiger partial charge in [0.1, 0.15) is 12.0 Å². The molecule has 0 saturated carbocycles. The minimum Gasteiger partial charge on any atom is -0.396 e. The topological polar surface area (TPSA) is 93.7 Å². The molecule has 0 spiro atoms. The number of amidine groups is 1. The summed E-state index contributed by atoms with van der Waals surface area (Å²) in [6.45, 7) is 0. The van der Waals surface area contributed by atoms with Crippen LogP contribution in [0, 0.1) is 0 Å². The molecule has 13 heavy (non-hydrogen) atoms. The first-order valence-corrected chi connectivity index (χ1v) is 4.66. The van der Waals surface area contributed by atoms with Crippen LogP contribution in [0.4, 0.5) is 0 Å². The van der Waals surface area contributed by atoms with Crippen molar-refractivity contribution in [3.63, 3.8) is 0 Å². The van der Waals surface area contributed by atoms with Crippen molar-refractivity contribution < 1.29 is 0 Å². The van der Waals surface area contributed by atoms with E-state index in [9.17, 15) is 0 Å². The van der Waals surface area contributed by atoms with Gasteiger partial charge in [0.05, 0.1) is 5.70 Å². The number of nitrogens with zero attached hydrogens (tertiary/aromatic N) is 2. The molecule has 0 saturated heterocycles. The van der Waals surface area contributed by atoms with E-state index in [1.54, 1.807) is 4.90 Å². The first-order valence-electron chi connectivity index (χ1n) is 3.44. The average molecular weight is 315 g/mol. The zero-order chi connectivity index (χ0) is 9.30. The summed E-state index contributed by atoms with van der Waals surface area (Å²) < 4.78 is 0. The van der Waals surface area contributed by atoms with Gasteiger partial charge in [-0.05, 0) is 6.26 Å². The van der Waals surface area contributed by atoms with Gasteiger partial charge in [0.15, 0.2) is 5.17 Å². The minimum atomic E-state index is -0.357. The summed E-state index contributed by atoms with van der Waals surface area (Å²) in [5.41, 5.74) is 17.3. The predicted molar refractivity (Wildman–Crippen MR) is 67.5 cm³/mol. The lowest BCUT2D eigenvalue weighted by molar-refractivity contribution is 0.411. The van der Waals surface area contributed by atoms with E-state index in [-0.39, 0.29) is 30.1 Å². The fourth-order valence-electron chi connectivity index (χ4n) is 0.915. The lowest BCUT2D eigenvalue weighted by atomic mass is 10.3. The van der Waals surface area contributed by atoms with Crippen LogP contribution in [0.5, 0.6) is 0 Å². The highest BCUT2D eigenvalue weighted by atomic mass is 127. The van der Waals surface area contributed by atoms with Crippen LogP contribution < -0.4 is 17.2 Å². The number of rotatable bonds is 0. The molecule has 0 aromatic heterocycles. The molecule has 1 atom stereocenters. The standard InChI is InChI=1S/C6H13N5S.HI/c1-11-5(9)3(7)4(8)10-6(11)12-2;/h5H,7-9H2,1-2H3;1H. The number of likely N-dealkylation sites (N-methyl/N-ethyl adjacent to an activating group) is 1. The molecule has 5 nitrogen and oxygen atoms in total. The molecule has 1 rings (SSSR count). The molecular formula is C6H14IN5S. The quantitative estimate of drug-likeness (QED) is 0.531. The van der Waals surface area contributed by atoms with Crippen LogP contribution in [0.3, 0.4) is 0 Å². The van der Waals surface area contributed by atoms with Crippen molar-refractivity contribution in [2.45, 2.75) is 6.17 Å². The summed E-state index contributed by atoms with van der Waals surface area (Å²) in [6.07, 6.45) is 1.56. The molecule has 0 bridgehead atoms. The van der Waals surface area contributed by atoms with E-state index >= 15 is 0 Å². The van der Waals surface area contributed by atoms with Crippen LogP contribution >= 0.6 is 35.7 Å². The number of aliphatic imine (C=N–C) groups is 1. The van der Waals surface area contributed by atoms with Crippen LogP contribution in [0.25, 0.3) is 0 Å². The minimum absolute atomic E-state index is 0. The van der Waals surface area contributed by atoms with Crippen LogP contribution in [-0.4, -0.2) is 29.5 Å². The van der Waals surface area contributed by atoms with Crippen molar-refractivity contribution in [3.8, 4) is 0 Å². The molecule has 0 fully saturated rings. The Bertz CT molecular complexity index is 251. The Morgan fingerprint density at radius 3 is 2.46 bits per heavy atom. The zero-order valence-electron chi connectivity index (χ0n) is 7.52. The monoisotopic (exact) mass is 315 g/mol. The maximum Gasteiger partial charge on any atom is 0.167 e. The Kier molecular flexibility index (Phi) is 4.86. The fraction of sp³-hybridized carbons (Fsp3) is 0.500. The van der Waals surface area contributed by atoms with E-state index in [0.717, 1.165) is 5.17 Å². The van der Waals surface area contributed by atoms with Gasteiger partial charge in [0.2, 0.25) is 0 Å². The second kappa shape index (κ2) is 4.91. The summed E-state index contributed by atoms with van der Waals surface area (Å²) in [4.78, 5) is 5.86. The van der Waals surface area contributed by atoms with Gasteiger partial charge in [-0.25, -0.2) is 4.99 Å². The Hall–Kier alpha value is -0.150. The molecule has 1 aliphatic heterocycles. The second-order valence-electron chi connectivity index (χ2n) is 2.49. The maximum absolute atomic E-state index is 5.75. The van der Waals surface area contributed by atoms with E-state index < -0.39 is 0 Å². The summed E-state index contributed by atoms with van der Waals surface area (Å²) in [5.74, 6) is 0.324. The number of hydrogen-bond donors (Lipinski definition) is 3. The first kappa shape index (κ1) is 12.8. The van der Waals surface area contributed by atoms with Crippen LogP contribution in [0.15, 0.2) is 16.5 Å². The van der Waals surface area contributed by atoms with E-state index in [2.05, 4.69) is 4.99 Å². The molecule has 76 valence electrons. The largest absolute Gasteiger partial charge is 0.396 e. The summed E-state index contributed by atoms with van der Waals surface area (Å²) in [7, 11) is 1.83. The van der Waals surface area contributed by atoms with Crippen molar-refractivity contribution >= 4 is 40.9 Å². The van der Waals surface area contributed by atoms with Gasteiger partial charge in [0, 0.05) is 7.05 Å². The van der Waals surface area contributed by atoms with Crippen LogP contribution in [-0.2, 0) is 0 Å². The molecule has 0 amide bonds. The molecule has 7 heteroatoms. The number of thioether (sulfide) groups is 1. The van der Waals surface area contributed by atoms with Crippen molar-refractivity contribution in [2.24, 2.45) is 22.2 Å². The molecule has 1 unspecified atom stereocenters. The van der Waals surface area contributed by atoms with Crippen molar-refractivity contribution in [1.29, 1.82) is 0 Å². The molecule has 6 N–H and O–H groups in total. The van der Waals surface area contributed by atoms with E-state index in [0.29, 0.717) is 11.5 Å². The Labute approximate surface area is 98.8 Å². The van der Waals surface area contributed by atoms with Gasteiger partial charge in [-0.3, -0.25) is 0 Å². The zero-order valence-corrected chi connectivity index (χ0v) is 10.7. The number of hydrogen-bond acceptors (Lipinski definition) is 6. The first-order chi connectivity index (χ1) is 5.57. The molecule has 0 aromatic carbocycles. The van der Waals surface area contributed by atoms with E-state index in [1.165, 1.54) is 11.8 Å². The molecule has 1 heterocycles. The lowest BCUT2D eigenvalue weighted by Gasteiger charge is -2.30. The highest BCUT2D eigenvalue weighted by Crippen LogP contribution is 2.15. The summed E-state index contributed by atoms with van der Waals surface area (Å²) >= 11 is 1.49. The Balaban J connectivity index is 0.00000144. The highest BCUT2D eigenvalue weighted by molar-refractivity contribution is 14.0. The molecule has 0 radical (unpaired) electrons. The van der Waals surface area contributed by atoms with Crippen molar-refractivity contribution in [1.82, 2.24) is 4.90 Å². The molecule has 1 aliphatic rings. The maximum atomic E-state index is 5.75. The third-order valence-electron chi connectivity index (χ3n) is 1.73. The molecule has 0 aromatic rings. The summed E-state index contributed by atoms with van der Waals surface area (Å²) in [5, 5.41) is 0.786. The number of nitrogens with two attached hydrogens (primary N) is 3. The normalized spacial score (nSPS) is 22.5. The van der Waals surface area contributed by atoms with Crippen LogP contribution in [0.1, 0.15) is 0 Å². The van der Waals surface area contributed by atoms with Gasteiger partial charge in [0.25, 0.3) is 0 Å². The SMILES string of the molecule is CSC1=NC(N)=C(N)C(N)N1C.I. The van der Waals surface area contributed by atoms with E-state index in [4.69, 9.17) is 17.2 Å². The highest BCUT2D eigenvalue weighted by Gasteiger charge is 2.22. The van der Waals surface area contributed by atoms with E-state index in [1.807, 2.05) is 13.3 Å². The van der Waals surface area contributed by atoms with Crippen molar-refractivity contribution in [2.75, 3.05) is 13.3 Å². The molecule has 0 aliphatic carbocycles. The van der Waals surface area contributed by atoms with Gasteiger partial charge in [-0.1, -0.05) is 11.8 Å². The Morgan fingerprint density at radius 2 is 2.00 bits per heavy atom. The van der Waals surface area contributed by atoms with Gasteiger partial charge in [-0.2, -0.15) is 0 Å². The summed E-state index contributed by atoms with van der Waals surface area (Å²) in [6, 6.07) is 0. The molecular weight excluding hydrogens is 301 g/mol. The average Bonchev–Trinajstić information content (AvgIpc) is 2.08. The van der Waals surface area contributed by atoms with Gasteiger partial charge in [-0.15, -0.1) is 24.0 Å². The van der Waals surface area contributed by atoms with Gasteiger partial charge >= 0.3 is 0 Å². The van der Waals surface area contributed by atoms with Crippen LogP contribution in [0.2, 0.25) is 0 Å². The fourth-order valence-corrected chi connectivity index (χ4v) is 1.51. The third-order valence-corrected chi connectivity index (χ3v) is 2.48. The second-order valence-corrected chi connectivity index (χ2v) is 3.27. The number of halogens is 1. The predicted octanol–water partition coefficient (Wildman–Crippen LogP) is -0.360. The smallest absolute Gasteiger partial charge is 0.167 e. The van der Waals surface area contributed by atoms with Gasteiger partial charge < -0.3 is 22.1 Å². The Morgan fingerprint density at radius 1 is 1.46 bits per heavy atom.